The quantitative estimate of drug-likeness (QED) is 0.175. The molecule has 63 heavy (non-hydrogen) atoms. The number of aromatic hydroxyl groups is 1. The van der Waals surface area contributed by atoms with Crippen LogP contribution in [0, 0.1) is 0 Å². The molecule has 0 saturated heterocycles. The van der Waals surface area contributed by atoms with Gasteiger partial charge >= 0.3 is 22.8 Å². The molecule has 0 bridgehead atoms. The molecular formula is C42H42N10O11. The summed E-state index contributed by atoms with van der Waals surface area (Å²) in [7, 11) is 9.09. The van der Waals surface area contributed by atoms with E-state index in [-0.39, 0.29) is 61.7 Å². The van der Waals surface area contributed by atoms with Gasteiger partial charge in [-0.25, -0.2) is 57.0 Å². The van der Waals surface area contributed by atoms with Crippen LogP contribution >= 0.6 is 0 Å². The molecule has 0 radical (unpaired) electrons. The van der Waals surface area contributed by atoms with E-state index in [0.29, 0.717) is 50.6 Å². The van der Waals surface area contributed by atoms with Crippen molar-refractivity contribution in [3.63, 3.8) is 0 Å². The smallest absolute Gasteiger partial charge is 0.348 e. The van der Waals surface area contributed by atoms with E-state index in [2.05, 4.69) is 9.97 Å². The number of aryl methyl sites for hydroxylation is 4. The third-order valence-corrected chi connectivity index (χ3v) is 12.0. The van der Waals surface area contributed by atoms with Gasteiger partial charge in [-0.2, -0.15) is 0 Å². The maximum absolute atomic E-state index is 14.4. The summed E-state index contributed by atoms with van der Waals surface area (Å²) in [5.41, 5.74) is -0.813. The first kappa shape index (κ1) is 40.6. The van der Waals surface area contributed by atoms with Gasteiger partial charge in [-0.15, -0.1) is 0 Å². The lowest BCUT2D eigenvalue weighted by molar-refractivity contribution is 0.244. The lowest BCUT2D eigenvalue weighted by Crippen LogP contribution is -2.47. The molecule has 21 nitrogen and oxygen atoms in total. The molecule has 2 unspecified atom stereocenters. The Morgan fingerprint density at radius 2 is 1.11 bits per heavy atom. The molecule has 9 rings (SSSR count). The molecule has 0 aliphatic carbocycles. The number of para-hydroxylation sites is 1. The van der Waals surface area contributed by atoms with Crippen LogP contribution in [0.1, 0.15) is 29.0 Å². The minimum atomic E-state index is -1.07. The van der Waals surface area contributed by atoms with Crippen molar-refractivity contribution in [3.05, 3.63) is 140 Å². The van der Waals surface area contributed by atoms with Gasteiger partial charge in [0.2, 0.25) is 0 Å². The van der Waals surface area contributed by atoms with Crippen molar-refractivity contribution < 1.29 is 24.1 Å². The Morgan fingerprint density at radius 3 is 1.62 bits per heavy atom. The normalized spacial score (nSPS) is 15.5. The van der Waals surface area contributed by atoms with Gasteiger partial charge in [-0.1, -0.05) is 24.3 Å². The van der Waals surface area contributed by atoms with Gasteiger partial charge in [0, 0.05) is 69.9 Å². The van der Waals surface area contributed by atoms with Crippen LogP contribution in [0.3, 0.4) is 0 Å². The fraction of sp³-hybridized carbons (Fsp3) is 0.333. The number of methoxy groups -OCH3 is 4. The van der Waals surface area contributed by atoms with E-state index in [9.17, 15) is 33.9 Å². The predicted molar refractivity (Wildman–Crippen MR) is 227 cm³/mol. The Labute approximate surface area is 354 Å². The highest BCUT2D eigenvalue weighted by Gasteiger charge is 2.42. The Balaban J connectivity index is 1.09. The minimum absolute atomic E-state index is 0.0676. The van der Waals surface area contributed by atoms with E-state index in [1.165, 1.54) is 62.4 Å². The minimum Gasteiger partial charge on any atom is -0.508 e. The van der Waals surface area contributed by atoms with E-state index in [1.54, 1.807) is 62.6 Å². The summed E-state index contributed by atoms with van der Waals surface area (Å²) in [5.74, 6) is 1.47. The lowest BCUT2D eigenvalue weighted by atomic mass is 9.90. The van der Waals surface area contributed by atoms with Gasteiger partial charge in [0.05, 0.1) is 69.6 Å². The molecule has 2 atom stereocenters. The number of ether oxygens (including phenoxy) is 4. The van der Waals surface area contributed by atoms with Crippen molar-refractivity contribution in [2.75, 3.05) is 28.4 Å². The van der Waals surface area contributed by atoms with Crippen LogP contribution in [0.4, 0.5) is 0 Å². The van der Waals surface area contributed by atoms with Crippen molar-refractivity contribution in [2.24, 2.45) is 14.1 Å². The Bertz CT molecular complexity index is 3450. The number of nitrogens with zero attached hydrogens (tertiary/aromatic N) is 10. The summed E-state index contributed by atoms with van der Waals surface area (Å²) in [5, 5.41) is 11.2. The largest absolute Gasteiger partial charge is 0.508 e. The number of rotatable bonds is 11. The molecule has 7 aromatic rings. The molecule has 21 heteroatoms. The SMILES string of the molecule is COc1cc2nc(CCn3c(=O)n4n(c3=O)C3Cn5c(=O)n(CCc6nc7cc(OC)c(OC)cc7n(C)c6=O)c(=O)n5C(c5ccccc5O)C3=CC4)c(=O)n(C)c2cc1OC. The standard InChI is InChI=1S/C42H42N10O11/c1-45-28-19-34(62-5)32(60-3)17-26(28)43-24(37(45)54)12-14-47-39(56)49-16-11-22-30(51(49)41(47)58)21-50-40(57)48(42(59)52(50)36(22)23-9-7-8-10-31(23)53)15-13-25-38(55)46(2)29-20-35(63-6)33(61-4)18-27(29)44-25/h7-11,17-20,30,36,53H,12-16,21H2,1-6H3. The number of hydrogen-bond acceptors (Lipinski definition) is 13. The van der Waals surface area contributed by atoms with Gasteiger partial charge in [0.1, 0.15) is 23.2 Å². The summed E-state index contributed by atoms with van der Waals surface area (Å²) >= 11 is 0. The first-order valence-electron chi connectivity index (χ1n) is 19.9. The Kier molecular flexibility index (Phi) is 9.82. The van der Waals surface area contributed by atoms with Crippen LogP contribution in [0.25, 0.3) is 22.1 Å². The van der Waals surface area contributed by atoms with E-state index >= 15 is 0 Å². The highest BCUT2D eigenvalue weighted by atomic mass is 16.5. The molecule has 2 aliphatic rings. The molecule has 0 spiro atoms. The first-order valence-corrected chi connectivity index (χ1v) is 19.9. The topological polar surface area (TPSA) is 225 Å². The summed E-state index contributed by atoms with van der Waals surface area (Å²) < 4.78 is 31.4. The van der Waals surface area contributed by atoms with Crippen molar-refractivity contribution in [1.29, 1.82) is 0 Å². The molecule has 0 saturated carbocycles. The second-order valence-electron chi connectivity index (χ2n) is 15.2. The average molecular weight is 863 g/mol. The number of fused-ring (bicyclic) bond motifs is 6. The highest BCUT2D eigenvalue weighted by molar-refractivity contribution is 5.80. The zero-order valence-corrected chi connectivity index (χ0v) is 35.1. The van der Waals surface area contributed by atoms with E-state index in [1.807, 2.05) is 0 Å². The van der Waals surface area contributed by atoms with Gasteiger partial charge in [0.25, 0.3) is 11.1 Å². The van der Waals surface area contributed by atoms with E-state index in [4.69, 9.17) is 18.9 Å². The molecule has 6 heterocycles. The number of benzene rings is 3. The van der Waals surface area contributed by atoms with Gasteiger partial charge in [-0.05, 0) is 11.6 Å². The number of allylic oxidation sites excluding steroid dienone is 2. The summed E-state index contributed by atoms with van der Waals surface area (Å²) in [4.78, 5) is 93.3. The number of phenols is 1. The average Bonchev–Trinajstić information content (AvgIpc) is 3.68. The fourth-order valence-electron chi connectivity index (χ4n) is 8.81. The molecular weight excluding hydrogens is 821 g/mol. The molecule has 0 amide bonds. The molecule has 0 fully saturated rings. The van der Waals surface area contributed by atoms with Crippen molar-refractivity contribution in [1.82, 2.24) is 47.0 Å². The summed E-state index contributed by atoms with van der Waals surface area (Å²) in [6, 6.07) is 10.9. The number of aromatic nitrogens is 10. The van der Waals surface area contributed by atoms with Crippen LogP contribution in [-0.4, -0.2) is 80.5 Å². The van der Waals surface area contributed by atoms with E-state index in [0.717, 1.165) is 9.13 Å². The number of phenolic OH excluding ortho intramolecular Hbond substituents is 1. The molecule has 1 N–H and O–H groups in total. The number of hydrogen-bond donors (Lipinski definition) is 1. The third-order valence-electron chi connectivity index (χ3n) is 12.0. The Hall–Kier alpha value is -7.84. The molecule has 3 aromatic carbocycles. The molecule has 2 aliphatic heterocycles. The van der Waals surface area contributed by atoms with Crippen LogP contribution in [-0.2, 0) is 53.1 Å². The summed E-state index contributed by atoms with van der Waals surface area (Å²) in [6.45, 7) is -0.717. The molecule has 326 valence electrons. The van der Waals surface area contributed by atoms with Crippen LogP contribution < -0.4 is 52.8 Å². The third kappa shape index (κ3) is 6.20. The predicted octanol–water partition coefficient (Wildman–Crippen LogP) is 0.440. The van der Waals surface area contributed by atoms with Crippen molar-refractivity contribution >= 4 is 22.1 Å². The zero-order valence-electron chi connectivity index (χ0n) is 35.1. The summed E-state index contributed by atoms with van der Waals surface area (Å²) in [6.07, 6.45) is 1.56. The Morgan fingerprint density at radius 1 is 0.635 bits per heavy atom. The second-order valence-corrected chi connectivity index (χ2v) is 15.2. The van der Waals surface area contributed by atoms with Crippen LogP contribution in [0.2, 0.25) is 0 Å². The highest BCUT2D eigenvalue weighted by Crippen LogP contribution is 2.41. The monoisotopic (exact) mass is 862 g/mol. The molecule has 4 aromatic heterocycles. The van der Waals surface area contributed by atoms with Crippen LogP contribution in [0.15, 0.2) is 88.9 Å². The van der Waals surface area contributed by atoms with E-state index < -0.39 is 46.0 Å². The fourth-order valence-corrected chi connectivity index (χ4v) is 8.81. The first-order chi connectivity index (χ1) is 30.3. The maximum Gasteiger partial charge on any atom is 0.348 e. The van der Waals surface area contributed by atoms with Crippen molar-refractivity contribution in [2.45, 2.75) is 51.1 Å². The van der Waals surface area contributed by atoms with Crippen LogP contribution in [0.5, 0.6) is 28.7 Å². The van der Waals surface area contributed by atoms with Gasteiger partial charge < -0.3 is 33.2 Å². The second kappa shape index (κ2) is 15.3. The zero-order chi connectivity index (χ0) is 44.6. The van der Waals surface area contributed by atoms with Gasteiger partial charge in [-0.3, -0.25) is 9.59 Å². The van der Waals surface area contributed by atoms with Crippen molar-refractivity contribution in [3.8, 4) is 28.7 Å². The maximum atomic E-state index is 14.4. The van der Waals surface area contributed by atoms with Gasteiger partial charge in [0.15, 0.2) is 23.0 Å². The lowest BCUT2D eigenvalue weighted by Gasteiger charge is -2.37.